The molecule has 0 radical (unpaired) electrons. The highest BCUT2D eigenvalue weighted by Crippen LogP contribution is 2.24. The summed E-state index contributed by atoms with van der Waals surface area (Å²) in [6.45, 7) is 2.07. The second-order valence-electron chi connectivity index (χ2n) is 6.11. The Kier molecular flexibility index (Phi) is 4.50. The molecule has 0 bridgehead atoms. The van der Waals surface area contributed by atoms with Gasteiger partial charge in [0.05, 0.1) is 16.5 Å². The Hall–Kier alpha value is -2.99. The maximum Gasteiger partial charge on any atom is 0.234 e. The lowest BCUT2D eigenvalue weighted by molar-refractivity contribution is -0.113. The summed E-state index contributed by atoms with van der Waals surface area (Å²) in [6.07, 6.45) is 1.72. The topological polar surface area (TPSA) is 73.6 Å². The van der Waals surface area contributed by atoms with Crippen LogP contribution in [0.1, 0.15) is 5.56 Å². The van der Waals surface area contributed by atoms with Crippen LogP contribution in [0.15, 0.2) is 65.8 Å². The van der Waals surface area contributed by atoms with Gasteiger partial charge in [-0.05, 0) is 48.9 Å². The standard InChI is InChI=1S/C20H18N4OS/c1-13-2-7-17-15(10-13)11-20(23-17)26-12-19(25)22-16-5-3-14(4-6-16)18-8-9-21-24-18/h2-11,23H,12H2,1H3,(H,21,24)(H,22,25). The fourth-order valence-electron chi connectivity index (χ4n) is 2.79. The van der Waals surface area contributed by atoms with Crippen molar-refractivity contribution in [2.75, 3.05) is 11.1 Å². The number of hydrogen-bond donors (Lipinski definition) is 3. The molecule has 0 saturated heterocycles. The zero-order valence-electron chi connectivity index (χ0n) is 14.2. The maximum atomic E-state index is 12.2. The van der Waals surface area contributed by atoms with Gasteiger partial charge in [-0.25, -0.2) is 0 Å². The molecule has 1 amide bonds. The minimum absolute atomic E-state index is 0.0286. The molecule has 3 N–H and O–H groups in total. The summed E-state index contributed by atoms with van der Waals surface area (Å²) in [5.41, 5.74) is 5.08. The molecule has 4 rings (SSSR count). The molecule has 26 heavy (non-hydrogen) atoms. The van der Waals surface area contributed by atoms with Gasteiger partial charge in [-0.2, -0.15) is 5.10 Å². The number of rotatable bonds is 5. The third kappa shape index (κ3) is 3.65. The van der Waals surface area contributed by atoms with E-state index < -0.39 is 0 Å². The van der Waals surface area contributed by atoms with Crippen LogP contribution < -0.4 is 5.32 Å². The molecule has 0 unspecified atom stereocenters. The maximum absolute atomic E-state index is 12.2. The second kappa shape index (κ2) is 7.09. The van der Waals surface area contributed by atoms with Crippen LogP contribution in [0.4, 0.5) is 5.69 Å². The van der Waals surface area contributed by atoms with Crippen molar-refractivity contribution < 1.29 is 4.79 Å². The van der Waals surface area contributed by atoms with E-state index in [1.807, 2.05) is 30.3 Å². The fourth-order valence-corrected chi connectivity index (χ4v) is 3.54. The predicted molar refractivity (Wildman–Crippen MR) is 106 cm³/mol. The van der Waals surface area contributed by atoms with Gasteiger partial charge < -0.3 is 10.3 Å². The molecule has 2 aromatic carbocycles. The van der Waals surface area contributed by atoms with Gasteiger partial charge in [0.1, 0.15) is 0 Å². The number of nitrogens with zero attached hydrogens (tertiary/aromatic N) is 1. The van der Waals surface area contributed by atoms with Crippen LogP contribution in [0.5, 0.6) is 0 Å². The Bertz CT molecular complexity index is 1040. The Morgan fingerprint density at radius 2 is 1.96 bits per heavy atom. The van der Waals surface area contributed by atoms with Crippen molar-refractivity contribution >= 4 is 34.3 Å². The predicted octanol–water partition coefficient (Wildman–Crippen LogP) is 4.60. The summed E-state index contributed by atoms with van der Waals surface area (Å²) in [6, 6.07) is 18.0. The van der Waals surface area contributed by atoms with E-state index in [9.17, 15) is 4.79 Å². The average molecular weight is 362 g/mol. The van der Waals surface area contributed by atoms with E-state index >= 15 is 0 Å². The molecule has 0 saturated carbocycles. The van der Waals surface area contributed by atoms with E-state index in [-0.39, 0.29) is 5.91 Å². The van der Waals surface area contributed by atoms with Crippen LogP contribution in [-0.2, 0) is 4.79 Å². The largest absolute Gasteiger partial charge is 0.350 e. The van der Waals surface area contributed by atoms with Crippen LogP contribution in [0, 0.1) is 6.92 Å². The third-order valence-corrected chi connectivity index (χ3v) is 5.03. The third-order valence-electron chi connectivity index (χ3n) is 4.09. The van der Waals surface area contributed by atoms with E-state index in [2.05, 4.69) is 51.7 Å². The lowest BCUT2D eigenvalue weighted by Gasteiger charge is -2.05. The summed E-state index contributed by atoms with van der Waals surface area (Å²) in [7, 11) is 0. The number of hydrogen-bond acceptors (Lipinski definition) is 3. The first-order chi connectivity index (χ1) is 12.7. The van der Waals surface area contributed by atoms with Gasteiger partial charge in [0, 0.05) is 22.8 Å². The van der Waals surface area contributed by atoms with Crippen LogP contribution in [0.25, 0.3) is 22.2 Å². The number of anilines is 1. The average Bonchev–Trinajstić information content (AvgIpc) is 3.30. The molecule has 2 heterocycles. The molecular formula is C20H18N4OS. The molecule has 6 heteroatoms. The molecule has 0 fully saturated rings. The summed E-state index contributed by atoms with van der Waals surface area (Å²) < 4.78 is 0. The number of aromatic nitrogens is 3. The number of carbonyl (C=O) groups excluding carboxylic acids is 1. The number of nitrogens with one attached hydrogen (secondary N) is 3. The number of fused-ring (bicyclic) bond motifs is 1. The highest BCUT2D eigenvalue weighted by molar-refractivity contribution is 7.99. The first kappa shape index (κ1) is 16.5. The van der Waals surface area contributed by atoms with E-state index in [1.54, 1.807) is 6.20 Å². The number of H-pyrrole nitrogens is 2. The number of aromatic amines is 2. The lowest BCUT2D eigenvalue weighted by Crippen LogP contribution is -2.13. The molecular weight excluding hydrogens is 344 g/mol. The molecule has 0 spiro atoms. The highest BCUT2D eigenvalue weighted by atomic mass is 32.2. The molecule has 0 aliphatic carbocycles. The van der Waals surface area contributed by atoms with Gasteiger partial charge in [0.25, 0.3) is 0 Å². The van der Waals surface area contributed by atoms with Crippen molar-refractivity contribution in [1.29, 1.82) is 0 Å². The summed E-state index contributed by atoms with van der Waals surface area (Å²) in [5, 5.41) is 12.0. The summed E-state index contributed by atoms with van der Waals surface area (Å²) in [5.74, 6) is 0.327. The lowest BCUT2D eigenvalue weighted by atomic mass is 10.1. The van der Waals surface area contributed by atoms with Crippen LogP contribution in [-0.4, -0.2) is 26.8 Å². The molecule has 0 aliphatic heterocycles. The second-order valence-corrected chi connectivity index (χ2v) is 7.13. The molecule has 2 aromatic heterocycles. The van der Waals surface area contributed by atoms with E-state index in [0.717, 1.165) is 27.5 Å². The van der Waals surface area contributed by atoms with Gasteiger partial charge in [0.15, 0.2) is 0 Å². The molecule has 5 nitrogen and oxygen atoms in total. The summed E-state index contributed by atoms with van der Waals surface area (Å²) in [4.78, 5) is 15.5. The van der Waals surface area contributed by atoms with Crippen molar-refractivity contribution in [1.82, 2.24) is 15.2 Å². The van der Waals surface area contributed by atoms with Gasteiger partial charge in [-0.3, -0.25) is 9.89 Å². The smallest absolute Gasteiger partial charge is 0.234 e. The Balaban J connectivity index is 1.36. The van der Waals surface area contributed by atoms with Gasteiger partial charge in [-0.15, -0.1) is 0 Å². The Morgan fingerprint density at radius 1 is 1.12 bits per heavy atom. The monoisotopic (exact) mass is 362 g/mol. The normalized spacial score (nSPS) is 11.0. The molecule has 4 aromatic rings. The van der Waals surface area contributed by atoms with Gasteiger partial charge in [0.2, 0.25) is 5.91 Å². The Morgan fingerprint density at radius 3 is 2.73 bits per heavy atom. The van der Waals surface area contributed by atoms with Crippen molar-refractivity contribution in [2.24, 2.45) is 0 Å². The SMILES string of the molecule is Cc1ccc2[nH]c(SCC(=O)Nc3ccc(-c4ccn[nH]4)cc3)cc2c1. The van der Waals surface area contributed by atoms with Gasteiger partial charge >= 0.3 is 0 Å². The van der Waals surface area contributed by atoms with E-state index in [4.69, 9.17) is 0 Å². The first-order valence-corrected chi connectivity index (χ1v) is 9.28. The summed E-state index contributed by atoms with van der Waals surface area (Å²) >= 11 is 1.50. The minimum Gasteiger partial charge on any atom is -0.350 e. The van der Waals surface area contributed by atoms with Crippen molar-refractivity contribution in [2.45, 2.75) is 11.9 Å². The van der Waals surface area contributed by atoms with Crippen molar-refractivity contribution in [3.63, 3.8) is 0 Å². The number of benzene rings is 2. The number of amides is 1. The number of carbonyl (C=O) groups is 1. The quantitative estimate of drug-likeness (QED) is 0.454. The number of aryl methyl sites for hydroxylation is 1. The molecule has 0 atom stereocenters. The number of thioether (sulfide) groups is 1. The van der Waals surface area contributed by atoms with E-state index in [0.29, 0.717) is 5.75 Å². The Labute approximate surface area is 155 Å². The fraction of sp³-hybridized carbons (Fsp3) is 0.100. The molecule has 130 valence electrons. The zero-order valence-corrected chi connectivity index (χ0v) is 15.1. The van der Waals surface area contributed by atoms with Crippen LogP contribution >= 0.6 is 11.8 Å². The zero-order chi connectivity index (χ0) is 17.9. The highest BCUT2D eigenvalue weighted by Gasteiger charge is 2.07. The van der Waals surface area contributed by atoms with Crippen molar-refractivity contribution in [3.05, 3.63) is 66.4 Å². The van der Waals surface area contributed by atoms with E-state index in [1.165, 1.54) is 22.7 Å². The van der Waals surface area contributed by atoms with Crippen LogP contribution in [0.3, 0.4) is 0 Å². The first-order valence-electron chi connectivity index (χ1n) is 8.29. The van der Waals surface area contributed by atoms with Crippen molar-refractivity contribution in [3.8, 4) is 11.3 Å². The minimum atomic E-state index is -0.0286. The van der Waals surface area contributed by atoms with Gasteiger partial charge in [-0.1, -0.05) is 35.5 Å². The van der Waals surface area contributed by atoms with Crippen LogP contribution in [0.2, 0.25) is 0 Å². The molecule has 0 aliphatic rings.